The summed E-state index contributed by atoms with van der Waals surface area (Å²) in [5, 5.41) is 8.85. The summed E-state index contributed by atoms with van der Waals surface area (Å²) in [6, 6.07) is 11.3. The molecule has 38 heavy (non-hydrogen) atoms. The molecule has 1 saturated carbocycles. The lowest BCUT2D eigenvalue weighted by molar-refractivity contribution is 0.0839. The predicted molar refractivity (Wildman–Crippen MR) is 147 cm³/mol. The lowest BCUT2D eigenvalue weighted by Crippen LogP contribution is -2.45. The summed E-state index contributed by atoms with van der Waals surface area (Å²) in [4.78, 5) is 2.49. The Hall–Kier alpha value is -2.85. The number of pyridine rings is 1. The van der Waals surface area contributed by atoms with E-state index < -0.39 is 0 Å². The van der Waals surface area contributed by atoms with Crippen molar-refractivity contribution in [3.05, 3.63) is 41.6 Å². The Morgan fingerprint density at radius 2 is 1.76 bits per heavy atom. The number of hydrogen-bond donors (Lipinski definition) is 1. The number of methoxy groups -OCH3 is 3. The molecular formula is C29H40N4O5. The molecule has 9 heteroatoms. The van der Waals surface area contributed by atoms with Crippen molar-refractivity contribution in [2.75, 3.05) is 52.7 Å². The molecule has 1 aromatic carbocycles. The molecule has 0 atom stereocenters. The van der Waals surface area contributed by atoms with E-state index in [4.69, 9.17) is 28.8 Å². The average Bonchev–Trinajstić information content (AvgIpc) is 3.72. The van der Waals surface area contributed by atoms with Crippen LogP contribution in [0.4, 0.5) is 5.69 Å². The highest BCUT2D eigenvalue weighted by molar-refractivity contribution is 5.82. The molecule has 1 aliphatic heterocycles. The first-order valence-electron chi connectivity index (χ1n) is 13.6. The summed E-state index contributed by atoms with van der Waals surface area (Å²) in [5.74, 6) is 1.43. The van der Waals surface area contributed by atoms with E-state index in [0.29, 0.717) is 43.4 Å². The summed E-state index contributed by atoms with van der Waals surface area (Å²) < 4.78 is 30.8. The monoisotopic (exact) mass is 524 g/mol. The molecule has 0 amide bonds. The maximum Gasteiger partial charge on any atom is 0.132 e. The van der Waals surface area contributed by atoms with Crippen LogP contribution in [0.2, 0.25) is 0 Å². The number of anilines is 1. The average molecular weight is 525 g/mol. The molecule has 2 aromatic heterocycles. The van der Waals surface area contributed by atoms with Crippen LogP contribution in [0.1, 0.15) is 43.9 Å². The normalized spacial score (nSPS) is 16.2. The molecule has 0 radical (unpaired) electrons. The van der Waals surface area contributed by atoms with Crippen molar-refractivity contribution < 1.29 is 23.7 Å². The zero-order valence-electron chi connectivity index (χ0n) is 23.0. The molecule has 1 aliphatic carbocycles. The topological polar surface area (TPSA) is 78.7 Å². The van der Waals surface area contributed by atoms with Gasteiger partial charge in [0.25, 0.3) is 0 Å². The van der Waals surface area contributed by atoms with Crippen molar-refractivity contribution >= 4 is 11.2 Å². The van der Waals surface area contributed by atoms with Gasteiger partial charge in [-0.2, -0.15) is 5.10 Å². The van der Waals surface area contributed by atoms with Crippen LogP contribution in [-0.4, -0.2) is 69.5 Å². The van der Waals surface area contributed by atoms with E-state index in [1.807, 2.05) is 23.6 Å². The van der Waals surface area contributed by atoms with Gasteiger partial charge in [0.2, 0.25) is 0 Å². The number of ether oxygens (including phenoxy) is 5. The fourth-order valence-corrected chi connectivity index (χ4v) is 5.26. The molecule has 0 unspecified atom stereocenters. The van der Waals surface area contributed by atoms with Gasteiger partial charge in [0.15, 0.2) is 0 Å². The molecular weight excluding hydrogens is 484 g/mol. The Bertz CT molecular complexity index is 1190. The van der Waals surface area contributed by atoms with E-state index in [9.17, 15) is 0 Å². The molecule has 206 valence electrons. The van der Waals surface area contributed by atoms with Gasteiger partial charge in [-0.1, -0.05) is 6.07 Å². The van der Waals surface area contributed by atoms with Crippen molar-refractivity contribution in [1.29, 1.82) is 0 Å². The largest absolute Gasteiger partial charge is 0.496 e. The number of nitrogens with one attached hydrogen (secondary N) is 1. The maximum atomic E-state index is 5.88. The number of hydrogen-bond acceptors (Lipinski definition) is 8. The van der Waals surface area contributed by atoms with Crippen LogP contribution in [0.3, 0.4) is 0 Å². The number of fused-ring (bicyclic) bond motifs is 1. The van der Waals surface area contributed by atoms with Crippen LogP contribution in [0.15, 0.2) is 30.3 Å². The number of aromatic nitrogens is 2. The second-order valence-corrected chi connectivity index (χ2v) is 9.90. The lowest BCUT2D eigenvalue weighted by atomic mass is 10.0. The van der Waals surface area contributed by atoms with Crippen LogP contribution in [0.25, 0.3) is 16.8 Å². The highest BCUT2D eigenvalue weighted by Crippen LogP contribution is 2.42. The van der Waals surface area contributed by atoms with Gasteiger partial charge >= 0.3 is 0 Å². The number of nitrogens with zero attached hydrogens (tertiary/aromatic N) is 3. The Morgan fingerprint density at radius 1 is 1.03 bits per heavy atom. The van der Waals surface area contributed by atoms with Gasteiger partial charge in [-0.05, 0) is 62.4 Å². The Labute approximate surface area is 224 Å². The van der Waals surface area contributed by atoms with Gasteiger partial charge in [0, 0.05) is 39.0 Å². The molecule has 1 saturated heterocycles. The van der Waals surface area contributed by atoms with Gasteiger partial charge in [0.05, 0.1) is 56.6 Å². The summed E-state index contributed by atoms with van der Waals surface area (Å²) >= 11 is 0. The van der Waals surface area contributed by atoms with Gasteiger partial charge < -0.3 is 28.6 Å². The minimum absolute atomic E-state index is 0.365. The zero-order chi connectivity index (χ0) is 26.5. The standard InChI is InChI=1S/C29H40N4O5/c1-5-37-17-20-15-26(35-3)28(27(16-20)36-4)24-7-6-8-25-29(23(18-34-2)31-33(24)25)32(19-30-21-9-10-21)22-11-13-38-14-12-22/h6-8,15-16,21-22,30H,5,9-14,17-19H2,1-4H3. The number of rotatable bonds is 13. The van der Waals surface area contributed by atoms with Crippen molar-refractivity contribution in [2.45, 2.75) is 57.9 Å². The molecule has 3 heterocycles. The first kappa shape index (κ1) is 26.7. The fraction of sp³-hybridized carbons (Fsp3) is 0.552. The van der Waals surface area contributed by atoms with Crippen LogP contribution >= 0.6 is 0 Å². The third-order valence-electron chi connectivity index (χ3n) is 7.32. The third kappa shape index (κ3) is 5.61. The summed E-state index contributed by atoms with van der Waals surface area (Å²) in [5.41, 5.74) is 5.79. The molecule has 5 rings (SSSR count). The molecule has 3 aromatic rings. The predicted octanol–water partition coefficient (Wildman–Crippen LogP) is 4.40. The number of benzene rings is 1. The lowest BCUT2D eigenvalue weighted by Gasteiger charge is -2.36. The Balaban J connectivity index is 1.64. The van der Waals surface area contributed by atoms with Crippen molar-refractivity contribution in [1.82, 2.24) is 14.9 Å². The zero-order valence-corrected chi connectivity index (χ0v) is 23.0. The van der Waals surface area contributed by atoms with E-state index >= 15 is 0 Å². The van der Waals surface area contributed by atoms with E-state index in [0.717, 1.165) is 66.4 Å². The Morgan fingerprint density at radius 3 is 2.39 bits per heavy atom. The van der Waals surface area contributed by atoms with E-state index in [1.54, 1.807) is 21.3 Å². The minimum atomic E-state index is 0.365. The van der Waals surface area contributed by atoms with E-state index in [2.05, 4.69) is 28.4 Å². The quantitative estimate of drug-likeness (QED) is 0.330. The molecule has 9 nitrogen and oxygen atoms in total. The van der Waals surface area contributed by atoms with Crippen LogP contribution < -0.4 is 19.7 Å². The van der Waals surface area contributed by atoms with Gasteiger partial charge in [-0.15, -0.1) is 0 Å². The van der Waals surface area contributed by atoms with Crippen LogP contribution in [-0.2, 0) is 27.4 Å². The molecule has 2 fully saturated rings. The van der Waals surface area contributed by atoms with E-state index in [1.165, 1.54) is 12.8 Å². The van der Waals surface area contributed by atoms with Gasteiger partial charge in [0.1, 0.15) is 17.2 Å². The second kappa shape index (κ2) is 12.3. The summed E-state index contributed by atoms with van der Waals surface area (Å²) in [6.07, 6.45) is 4.45. The fourth-order valence-electron chi connectivity index (χ4n) is 5.26. The van der Waals surface area contributed by atoms with Crippen LogP contribution in [0, 0.1) is 0 Å². The molecule has 0 bridgehead atoms. The van der Waals surface area contributed by atoms with Crippen molar-refractivity contribution in [3.8, 4) is 22.8 Å². The highest BCUT2D eigenvalue weighted by Gasteiger charge is 2.30. The highest BCUT2D eigenvalue weighted by atomic mass is 16.5. The summed E-state index contributed by atoms with van der Waals surface area (Å²) in [6.45, 7) is 5.86. The van der Waals surface area contributed by atoms with Crippen molar-refractivity contribution in [3.63, 3.8) is 0 Å². The van der Waals surface area contributed by atoms with Gasteiger partial charge in [-0.25, -0.2) is 4.52 Å². The van der Waals surface area contributed by atoms with Crippen molar-refractivity contribution in [2.24, 2.45) is 0 Å². The first-order valence-corrected chi connectivity index (χ1v) is 13.6. The molecule has 2 aliphatic rings. The molecule has 1 N–H and O–H groups in total. The Kier molecular flexibility index (Phi) is 8.68. The minimum Gasteiger partial charge on any atom is -0.496 e. The van der Waals surface area contributed by atoms with Crippen LogP contribution in [0.5, 0.6) is 11.5 Å². The third-order valence-corrected chi connectivity index (χ3v) is 7.32. The van der Waals surface area contributed by atoms with E-state index in [-0.39, 0.29) is 0 Å². The molecule has 0 spiro atoms. The summed E-state index contributed by atoms with van der Waals surface area (Å²) in [7, 11) is 5.09. The first-order chi connectivity index (χ1) is 18.7. The second-order valence-electron chi connectivity index (χ2n) is 9.90. The van der Waals surface area contributed by atoms with Gasteiger partial charge in [-0.3, -0.25) is 5.32 Å². The SMILES string of the molecule is CCOCc1cc(OC)c(-c2cccc3c(N(CNC4CC4)C4CCOCC4)c(COC)nn23)c(OC)c1. The maximum absolute atomic E-state index is 5.88. The smallest absolute Gasteiger partial charge is 0.132 e.